The lowest BCUT2D eigenvalue weighted by atomic mass is 10.1. The molecular formula is C18H22N2O3S2. The summed E-state index contributed by atoms with van der Waals surface area (Å²) in [5.41, 5.74) is 0.560. The molecule has 0 bridgehead atoms. The number of benzene rings is 2. The Kier molecular flexibility index (Phi) is 6.50. The van der Waals surface area contributed by atoms with E-state index in [-0.39, 0.29) is 16.5 Å². The molecule has 25 heavy (non-hydrogen) atoms. The molecule has 0 atom stereocenters. The van der Waals surface area contributed by atoms with E-state index in [9.17, 15) is 13.2 Å². The van der Waals surface area contributed by atoms with Gasteiger partial charge in [0, 0.05) is 11.4 Å². The summed E-state index contributed by atoms with van der Waals surface area (Å²) in [5.74, 6) is 0.00693. The van der Waals surface area contributed by atoms with E-state index in [1.807, 2.05) is 20.1 Å². The predicted molar refractivity (Wildman–Crippen MR) is 103 cm³/mol. The molecule has 0 spiro atoms. The summed E-state index contributed by atoms with van der Waals surface area (Å²) in [7, 11) is -3.76. The average molecular weight is 379 g/mol. The zero-order valence-corrected chi connectivity index (χ0v) is 16.1. The SMILES string of the molecule is CSc1ccc(S(=O)(=O)Nc2ccccc2C(=O)NCC(C)C)cc1. The number of para-hydroxylation sites is 1. The minimum Gasteiger partial charge on any atom is -0.352 e. The lowest BCUT2D eigenvalue weighted by Gasteiger charge is -2.13. The molecule has 134 valence electrons. The van der Waals surface area contributed by atoms with Crippen LogP contribution in [0.2, 0.25) is 0 Å². The first-order valence-corrected chi connectivity index (χ1v) is 10.6. The number of hydrogen-bond acceptors (Lipinski definition) is 4. The fourth-order valence-corrected chi connectivity index (χ4v) is 3.61. The van der Waals surface area contributed by atoms with Crippen LogP contribution in [0.1, 0.15) is 24.2 Å². The largest absolute Gasteiger partial charge is 0.352 e. The molecule has 0 unspecified atom stereocenters. The van der Waals surface area contributed by atoms with Crippen LogP contribution in [-0.2, 0) is 10.0 Å². The van der Waals surface area contributed by atoms with Gasteiger partial charge in [0.1, 0.15) is 0 Å². The normalized spacial score (nSPS) is 11.4. The minimum absolute atomic E-state index is 0.155. The predicted octanol–water partition coefficient (Wildman–Crippen LogP) is 3.60. The molecule has 2 rings (SSSR count). The summed E-state index contributed by atoms with van der Waals surface area (Å²) in [4.78, 5) is 13.5. The number of amides is 1. The number of sulfonamides is 1. The molecule has 0 saturated heterocycles. The van der Waals surface area contributed by atoms with Crippen LogP contribution < -0.4 is 10.0 Å². The Hall–Kier alpha value is -1.99. The maximum atomic E-state index is 12.6. The lowest BCUT2D eigenvalue weighted by molar-refractivity contribution is 0.0950. The highest BCUT2D eigenvalue weighted by atomic mass is 32.2. The number of carbonyl (C=O) groups is 1. The van der Waals surface area contributed by atoms with Crippen molar-refractivity contribution in [3.05, 3.63) is 54.1 Å². The van der Waals surface area contributed by atoms with E-state index in [0.717, 1.165) is 4.90 Å². The number of thioether (sulfide) groups is 1. The summed E-state index contributed by atoms with van der Waals surface area (Å²) in [6.07, 6.45) is 1.92. The number of hydrogen-bond donors (Lipinski definition) is 2. The molecule has 0 aliphatic rings. The van der Waals surface area contributed by atoms with Gasteiger partial charge in [0.05, 0.1) is 16.1 Å². The Bertz CT molecular complexity index is 832. The Morgan fingerprint density at radius 1 is 1.08 bits per heavy atom. The standard InChI is InChI=1S/C18H22N2O3S2/c1-13(2)12-19-18(21)16-6-4-5-7-17(16)20-25(22,23)15-10-8-14(24-3)9-11-15/h4-11,13,20H,12H2,1-3H3,(H,19,21). The van der Waals surface area contributed by atoms with E-state index in [2.05, 4.69) is 10.0 Å². The summed E-state index contributed by atoms with van der Waals surface area (Å²) < 4.78 is 27.7. The number of anilines is 1. The molecule has 0 aromatic heterocycles. The van der Waals surface area contributed by atoms with E-state index in [0.29, 0.717) is 18.0 Å². The Morgan fingerprint density at radius 3 is 2.32 bits per heavy atom. The first-order chi connectivity index (χ1) is 11.8. The molecule has 0 fully saturated rings. The Morgan fingerprint density at radius 2 is 1.72 bits per heavy atom. The van der Waals surface area contributed by atoms with Crippen LogP contribution in [0.4, 0.5) is 5.69 Å². The third-order valence-electron chi connectivity index (χ3n) is 3.46. The van der Waals surface area contributed by atoms with Crippen molar-refractivity contribution in [1.82, 2.24) is 5.32 Å². The van der Waals surface area contributed by atoms with Crippen molar-refractivity contribution >= 4 is 33.4 Å². The molecule has 0 aliphatic carbocycles. The van der Waals surface area contributed by atoms with Gasteiger partial charge in [0.15, 0.2) is 0 Å². The summed E-state index contributed by atoms with van der Waals surface area (Å²) >= 11 is 1.54. The van der Waals surface area contributed by atoms with Crippen molar-refractivity contribution in [2.45, 2.75) is 23.6 Å². The summed E-state index contributed by atoms with van der Waals surface area (Å²) in [6, 6.07) is 13.2. The molecule has 0 saturated carbocycles. The Labute approximate surface area is 153 Å². The molecule has 7 heteroatoms. The lowest BCUT2D eigenvalue weighted by Crippen LogP contribution is -2.28. The van der Waals surface area contributed by atoms with Gasteiger partial charge >= 0.3 is 0 Å². The third kappa shape index (κ3) is 5.24. The minimum atomic E-state index is -3.76. The first kappa shape index (κ1) is 19.3. The maximum absolute atomic E-state index is 12.6. The highest BCUT2D eigenvalue weighted by Gasteiger charge is 2.18. The Balaban J connectivity index is 2.25. The van der Waals surface area contributed by atoms with Crippen molar-refractivity contribution in [2.75, 3.05) is 17.5 Å². The van der Waals surface area contributed by atoms with Gasteiger partial charge in [-0.15, -0.1) is 11.8 Å². The van der Waals surface area contributed by atoms with Gasteiger partial charge in [-0.3, -0.25) is 9.52 Å². The van der Waals surface area contributed by atoms with E-state index >= 15 is 0 Å². The van der Waals surface area contributed by atoms with Crippen molar-refractivity contribution in [1.29, 1.82) is 0 Å². The fourth-order valence-electron chi connectivity index (χ4n) is 2.12. The van der Waals surface area contributed by atoms with Crippen molar-refractivity contribution in [2.24, 2.45) is 5.92 Å². The van der Waals surface area contributed by atoms with E-state index in [4.69, 9.17) is 0 Å². The quantitative estimate of drug-likeness (QED) is 0.722. The van der Waals surface area contributed by atoms with Crippen molar-refractivity contribution < 1.29 is 13.2 Å². The second-order valence-electron chi connectivity index (χ2n) is 5.93. The zero-order chi connectivity index (χ0) is 18.4. The maximum Gasteiger partial charge on any atom is 0.261 e. The molecule has 2 N–H and O–H groups in total. The molecule has 2 aromatic carbocycles. The van der Waals surface area contributed by atoms with Crippen LogP contribution in [-0.4, -0.2) is 27.1 Å². The van der Waals surface area contributed by atoms with Crippen LogP contribution in [0.15, 0.2) is 58.3 Å². The van der Waals surface area contributed by atoms with E-state index in [1.54, 1.807) is 48.5 Å². The van der Waals surface area contributed by atoms with Gasteiger partial charge in [0.2, 0.25) is 0 Å². The summed E-state index contributed by atoms with van der Waals surface area (Å²) in [5, 5.41) is 2.80. The molecule has 0 radical (unpaired) electrons. The van der Waals surface area contributed by atoms with Crippen molar-refractivity contribution in [3.8, 4) is 0 Å². The van der Waals surface area contributed by atoms with Crippen LogP contribution in [0.5, 0.6) is 0 Å². The number of rotatable bonds is 7. The van der Waals surface area contributed by atoms with Gasteiger partial charge in [-0.05, 0) is 48.6 Å². The first-order valence-electron chi connectivity index (χ1n) is 7.87. The van der Waals surface area contributed by atoms with Gasteiger partial charge in [-0.1, -0.05) is 26.0 Å². The topological polar surface area (TPSA) is 75.3 Å². The number of carbonyl (C=O) groups excluding carboxylic acids is 1. The zero-order valence-electron chi connectivity index (χ0n) is 14.4. The van der Waals surface area contributed by atoms with Gasteiger partial charge in [-0.2, -0.15) is 0 Å². The molecular weight excluding hydrogens is 356 g/mol. The monoisotopic (exact) mass is 378 g/mol. The smallest absolute Gasteiger partial charge is 0.261 e. The van der Waals surface area contributed by atoms with Crippen molar-refractivity contribution in [3.63, 3.8) is 0 Å². The van der Waals surface area contributed by atoms with Crippen LogP contribution in [0.3, 0.4) is 0 Å². The van der Waals surface area contributed by atoms with Gasteiger partial charge in [-0.25, -0.2) is 8.42 Å². The molecule has 0 aliphatic heterocycles. The molecule has 5 nitrogen and oxygen atoms in total. The second-order valence-corrected chi connectivity index (χ2v) is 8.49. The highest BCUT2D eigenvalue weighted by molar-refractivity contribution is 7.98. The van der Waals surface area contributed by atoms with Crippen LogP contribution in [0.25, 0.3) is 0 Å². The van der Waals surface area contributed by atoms with Crippen LogP contribution in [0, 0.1) is 5.92 Å². The molecule has 0 heterocycles. The third-order valence-corrected chi connectivity index (χ3v) is 5.58. The van der Waals surface area contributed by atoms with Gasteiger partial charge < -0.3 is 5.32 Å². The van der Waals surface area contributed by atoms with Gasteiger partial charge in [0.25, 0.3) is 15.9 Å². The molecule has 1 amide bonds. The second kappa shape index (κ2) is 8.40. The average Bonchev–Trinajstić information content (AvgIpc) is 2.60. The fraction of sp³-hybridized carbons (Fsp3) is 0.278. The van der Waals surface area contributed by atoms with E-state index in [1.165, 1.54) is 11.8 Å². The highest BCUT2D eigenvalue weighted by Crippen LogP contribution is 2.22. The summed E-state index contributed by atoms with van der Waals surface area (Å²) in [6.45, 7) is 4.51. The number of nitrogens with one attached hydrogen (secondary N) is 2. The van der Waals surface area contributed by atoms with E-state index < -0.39 is 10.0 Å². The van der Waals surface area contributed by atoms with Crippen LogP contribution >= 0.6 is 11.8 Å². The molecule has 2 aromatic rings.